The molecule has 0 radical (unpaired) electrons. The molecule has 0 bridgehead atoms. The molecule has 2 N–H and O–H groups in total. The third-order valence-electron chi connectivity index (χ3n) is 3.49. The Morgan fingerprint density at radius 2 is 2.00 bits per heavy atom. The number of ether oxygens (including phenoxy) is 2. The molecular formula is C21H21ClN2O4. The lowest BCUT2D eigenvalue weighted by Crippen LogP contribution is -2.13. The van der Waals surface area contributed by atoms with Crippen molar-refractivity contribution >= 4 is 29.3 Å². The lowest BCUT2D eigenvalue weighted by atomic mass is 10.1. The van der Waals surface area contributed by atoms with E-state index in [1.165, 1.54) is 30.3 Å². The Morgan fingerprint density at radius 1 is 1.32 bits per heavy atom. The number of hydrogen-bond donors (Lipinski definition) is 2. The summed E-state index contributed by atoms with van der Waals surface area (Å²) in [5.41, 5.74) is 0.878. The van der Waals surface area contributed by atoms with Gasteiger partial charge >= 0.3 is 0 Å². The van der Waals surface area contributed by atoms with Crippen LogP contribution in [0, 0.1) is 11.3 Å². The third kappa shape index (κ3) is 5.66. The second-order valence-electron chi connectivity index (χ2n) is 6.10. The van der Waals surface area contributed by atoms with E-state index in [1.807, 2.05) is 26.8 Å². The normalized spacial score (nSPS) is 11.1. The fraction of sp³-hybridized carbons (Fsp3) is 0.238. The Labute approximate surface area is 169 Å². The van der Waals surface area contributed by atoms with Crippen LogP contribution in [0.2, 0.25) is 5.02 Å². The summed E-state index contributed by atoms with van der Waals surface area (Å²) in [5, 5.41) is 21.6. The van der Waals surface area contributed by atoms with E-state index in [0.29, 0.717) is 34.4 Å². The van der Waals surface area contributed by atoms with Gasteiger partial charge in [0.25, 0.3) is 5.91 Å². The molecule has 0 aliphatic heterocycles. The zero-order valence-electron chi connectivity index (χ0n) is 15.8. The molecule has 2 aromatic rings. The SMILES string of the molecule is CCOc1cc(/C=C(\C#N)C(=O)Nc2ccc(O)cc2)cc(Cl)c1OC(C)C. The molecule has 0 unspecified atom stereocenters. The molecule has 0 saturated heterocycles. The van der Waals surface area contributed by atoms with Gasteiger partial charge in [-0.05, 0) is 68.8 Å². The average molecular weight is 401 g/mol. The molecule has 6 nitrogen and oxygen atoms in total. The van der Waals surface area contributed by atoms with E-state index in [1.54, 1.807) is 12.1 Å². The highest BCUT2D eigenvalue weighted by molar-refractivity contribution is 6.32. The summed E-state index contributed by atoms with van der Waals surface area (Å²) in [6.07, 6.45) is 1.33. The van der Waals surface area contributed by atoms with Crippen LogP contribution in [0.3, 0.4) is 0 Å². The van der Waals surface area contributed by atoms with Gasteiger partial charge in [0.15, 0.2) is 11.5 Å². The molecule has 1 amide bonds. The molecule has 0 aromatic heterocycles. The molecule has 0 atom stereocenters. The van der Waals surface area contributed by atoms with Crippen molar-refractivity contribution in [2.24, 2.45) is 0 Å². The van der Waals surface area contributed by atoms with Gasteiger partial charge in [-0.25, -0.2) is 0 Å². The molecule has 2 aromatic carbocycles. The molecule has 0 heterocycles. The number of nitriles is 1. The second-order valence-corrected chi connectivity index (χ2v) is 6.51. The molecule has 0 saturated carbocycles. The minimum atomic E-state index is -0.579. The highest BCUT2D eigenvalue weighted by Crippen LogP contribution is 2.38. The predicted molar refractivity (Wildman–Crippen MR) is 109 cm³/mol. The van der Waals surface area contributed by atoms with Crippen molar-refractivity contribution in [1.29, 1.82) is 5.26 Å². The van der Waals surface area contributed by atoms with E-state index in [0.717, 1.165) is 0 Å². The summed E-state index contributed by atoms with van der Waals surface area (Å²) in [6.45, 7) is 5.99. The Balaban J connectivity index is 2.33. The first kappa shape index (κ1) is 21.1. The van der Waals surface area contributed by atoms with Gasteiger partial charge in [0.1, 0.15) is 17.4 Å². The maximum absolute atomic E-state index is 12.4. The Bertz CT molecular complexity index is 915. The van der Waals surface area contributed by atoms with E-state index < -0.39 is 5.91 Å². The molecule has 146 valence electrons. The Morgan fingerprint density at radius 3 is 2.57 bits per heavy atom. The number of phenols is 1. The summed E-state index contributed by atoms with van der Waals surface area (Å²) in [7, 11) is 0. The van der Waals surface area contributed by atoms with E-state index >= 15 is 0 Å². The Kier molecular flexibility index (Phi) is 7.30. The summed E-state index contributed by atoms with van der Waals surface area (Å²) in [5.74, 6) is 0.356. The zero-order chi connectivity index (χ0) is 20.7. The molecule has 0 aliphatic rings. The highest BCUT2D eigenvalue weighted by Gasteiger charge is 2.15. The number of aromatic hydroxyl groups is 1. The van der Waals surface area contributed by atoms with Gasteiger partial charge in [-0.1, -0.05) is 11.6 Å². The Hall–Kier alpha value is -3.17. The average Bonchev–Trinajstić information content (AvgIpc) is 2.64. The summed E-state index contributed by atoms with van der Waals surface area (Å²) in [6, 6.07) is 11.1. The van der Waals surface area contributed by atoms with Gasteiger partial charge in [-0.2, -0.15) is 5.26 Å². The van der Waals surface area contributed by atoms with Gasteiger partial charge < -0.3 is 19.9 Å². The van der Waals surface area contributed by atoms with E-state index in [-0.39, 0.29) is 17.4 Å². The summed E-state index contributed by atoms with van der Waals surface area (Å²) >= 11 is 6.32. The van der Waals surface area contributed by atoms with Gasteiger partial charge in [-0.15, -0.1) is 0 Å². The van der Waals surface area contributed by atoms with E-state index in [2.05, 4.69) is 5.32 Å². The molecule has 7 heteroatoms. The number of anilines is 1. The first-order chi connectivity index (χ1) is 13.3. The molecule has 2 rings (SSSR count). The number of benzene rings is 2. The number of nitrogens with one attached hydrogen (secondary N) is 1. The lowest BCUT2D eigenvalue weighted by Gasteiger charge is -2.16. The van der Waals surface area contributed by atoms with E-state index in [4.69, 9.17) is 21.1 Å². The van der Waals surface area contributed by atoms with Gasteiger partial charge in [0.2, 0.25) is 0 Å². The molecule has 0 spiro atoms. The smallest absolute Gasteiger partial charge is 0.266 e. The zero-order valence-corrected chi connectivity index (χ0v) is 16.6. The van der Waals surface area contributed by atoms with Crippen LogP contribution >= 0.6 is 11.6 Å². The maximum atomic E-state index is 12.4. The van der Waals surface area contributed by atoms with Crippen molar-refractivity contribution in [3.63, 3.8) is 0 Å². The van der Waals surface area contributed by atoms with Gasteiger partial charge in [-0.3, -0.25) is 4.79 Å². The van der Waals surface area contributed by atoms with Crippen molar-refractivity contribution in [2.75, 3.05) is 11.9 Å². The minimum absolute atomic E-state index is 0.0795. The number of nitrogens with zero attached hydrogens (tertiary/aromatic N) is 1. The number of carbonyl (C=O) groups excluding carboxylic acids is 1. The van der Waals surface area contributed by atoms with Gasteiger partial charge in [0, 0.05) is 5.69 Å². The largest absolute Gasteiger partial charge is 0.508 e. The topological polar surface area (TPSA) is 91.6 Å². The summed E-state index contributed by atoms with van der Waals surface area (Å²) in [4.78, 5) is 12.4. The summed E-state index contributed by atoms with van der Waals surface area (Å²) < 4.78 is 11.3. The van der Waals surface area contributed by atoms with Crippen molar-refractivity contribution in [3.05, 3.63) is 52.6 Å². The first-order valence-electron chi connectivity index (χ1n) is 8.69. The molecular weight excluding hydrogens is 380 g/mol. The second kappa shape index (κ2) is 9.67. The van der Waals surface area contributed by atoms with Crippen LogP contribution in [0.4, 0.5) is 5.69 Å². The van der Waals surface area contributed by atoms with Crippen LogP contribution in [-0.2, 0) is 4.79 Å². The number of hydrogen-bond acceptors (Lipinski definition) is 5. The number of rotatable bonds is 7. The molecule has 0 aliphatic carbocycles. The number of amides is 1. The van der Waals surface area contributed by atoms with Crippen molar-refractivity contribution in [2.45, 2.75) is 26.9 Å². The van der Waals surface area contributed by atoms with Crippen LogP contribution in [0.25, 0.3) is 6.08 Å². The van der Waals surface area contributed by atoms with Crippen LogP contribution in [0.5, 0.6) is 17.2 Å². The monoisotopic (exact) mass is 400 g/mol. The van der Waals surface area contributed by atoms with Crippen molar-refractivity contribution in [1.82, 2.24) is 0 Å². The van der Waals surface area contributed by atoms with Crippen LogP contribution in [0.1, 0.15) is 26.3 Å². The molecule has 28 heavy (non-hydrogen) atoms. The van der Waals surface area contributed by atoms with Crippen molar-refractivity contribution < 1.29 is 19.4 Å². The fourth-order valence-corrected chi connectivity index (χ4v) is 2.61. The number of halogens is 1. The quantitative estimate of drug-likeness (QED) is 0.396. The van der Waals surface area contributed by atoms with Gasteiger partial charge in [0.05, 0.1) is 17.7 Å². The molecule has 0 fully saturated rings. The van der Waals surface area contributed by atoms with Crippen LogP contribution in [0.15, 0.2) is 42.0 Å². The minimum Gasteiger partial charge on any atom is -0.508 e. The standard InChI is InChI=1S/C21H21ClN2O4/c1-4-27-19-11-14(10-18(22)20(19)28-13(2)3)9-15(12-23)21(26)24-16-5-7-17(25)8-6-16/h5-11,13,25H,4H2,1-3H3,(H,24,26)/b15-9+. The third-order valence-corrected chi connectivity index (χ3v) is 3.77. The number of phenolic OH excluding ortho intramolecular Hbond substituents is 1. The highest BCUT2D eigenvalue weighted by atomic mass is 35.5. The fourth-order valence-electron chi connectivity index (χ4n) is 2.34. The number of carbonyl (C=O) groups is 1. The van der Waals surface area contributed by atoms with E-state index in [9.17, 15) is 15.2 Å². The maximum Gasteiger partial charge on any atom is 0.266 e. The van der Waals surface area contributed by atoms with Crippen LogP contribution in [-0.4, -0.2) is 23.7 Å². The first-order valence-corrected chi connectivity index (χ1v) is 9.07. The van der Waals surface area contributed by atoms with Crippen LogP contribution < -0.4 is 14.8 Å². The predicted octanol–water partition coefficient (Wildman–Crippen LogP) is 4.78. The van der Waals surface area contributed by atoms with Crippen molar-refractivity contribution in [3.8, 4) is 23.3 Å². The lowest BCUT2D eigenvalue weighted by molar-refractivity contribution is -0.112.